The zero-order valence-corrected chi connectivity index (χ0v) is 13.3. The van der Waals surface area contributed by atoms with Crippen LogP contribution in [0.5, 0.6) is 0 Å². The van der Waals surface area contributed by atoms with Crippen LogP contribution in [0.3, 0.4) is 0 Å². The number of rotatable bonds is 5. The van der Waals surface area contributed by atoms with Gasteiger partial charge in [-0.2, -0.15) is 5.26 Å². The lowest BCUT2D eigenvalue weighted by Gasteiger charge is -2.30. The molecular weight excluding hydrogens is 258 g/mol. The van der Waals surface area contributed by atoms with E-state index in [0.29, 0.717) is 0 Å². The minimum Gasteiger partial charge on any atom is -0.303 e. The Kier molecular flexibility index (Phi) is 5.78. The molecule has 1 heterocycles. The summed E-state index contributed by atoms with van der Waals surface area (Å²) in [6, 6.07) is 12.6. The molecule has 1 saturated heterocycles. The van der Waals surface area contributed by atoms with Crippen molar-refractivity contribution in [2.24, 2.45) is 5.92 Å². The van der Waals surface area contributed by atoms with Gasteiger partial charge in [-0.05, 0) is 57.3 Å². The fourth-order valence-electron chi connectivity index (χ4n) is 3.18. The summed E-state index contributed by atoms with van der Waals surface area (Å²) in [6.45, 7) is 5.67. The van der Waals surface area contributed by atoms with E-state index in [1.54, 1.807) is 0 Å². The lowest BCUT2D eigenvalue weighted by Crippen LogP contribution is -2.42. The molecule has 1 N–H and O–H groups in total. The second-order valence-electron chi connectivity index (χ2n) is 6.26. The molecule has 1 aromatic rings. The topological polar surface area (TPSA) is 39.1 Å². The first-order valence-electron chi connectivity index (χ1n) is 8.08. The average Bonchev–Trinajstić information content (AvgIpc) is 2.74. The minimum atomic E-state index is -0.570. The van der Waals surface area contributed by atoms with Crippen molar-refractivity contribution in [3.05, 3.63) is 35.9 Å². The van der Waals surface area contributed by atoms with Gasteiger partial charge in [-0.1, -0.05) is 37.3 Å². The third-order valence-electron chi connectivity index (χ3n) is 4.80. The van der Waals surface area contributed by atoms with Crippen LogP contribution in [-0.2, 0) is 5.54 Å². The summed E-state index contributed by atoms with van der Waals surface area (Å²) in [6.07, 6.45) is 4.74. The molecule has 0 amide bonds. The number of benzene rings is 1. The largest absolute Gasteiger partial charge is 0.303 e. The van der Waals surface area contributed by atoms with Crippen molar-refractivity contribution in [1.82, 2.24) is 10.2 Å². The summed E-state index contributed by atoms with van der Waals surface area (Å²) in [5.74, 6) is 0.842. The summed E-state index contributed by atoms with van der Waals surface area (Å²) >= 11 is 0. The van der Waals surface area contributed by atoms with E-state index < -0.39 is 5.54 Å². The van der Waals surface area contributed by atoms with Crippen LogP contribution >= 0.6 is 0 Å². The van der Waals surface area contributed by atoms with E-state index in [0.717, 1.165) is 24.4 Å². The highest BCUT2D eigenvalue weighted by molar-refractivity contribution is 5.31. The number of likely N-dealkylation sites (tertiary alicyclic amines) is 1. The van der Waals surface area contributed by atoms with Gasteiger partial charge in [0.15, 0.2) is 0 Å². The van der Waals surface area contributed by atoms with Gasteiger partial charge < -0.3 is 4.90 Å². The fraction of sp³-hybridized carbons (Fsp3) is 0.611. The maximum atomic E-state index is 9.73. The Hall–Kier alpha value is -1.37. The van der Waals surface area contributed by atoms with Crippen LogP contribution in [0.25, 0.3) is 0 Å². The zero-order valence-electron chi connectivity index (χ0n) is 13.3. The van der Waals surface area contributed by atoms with Gasteiger partial charge in [0.05, 0.1) is 6.07 Å². The van der Waals surface area contributed by atoms with E-state index in [-0.39, 0.29) is 0 Å². The Bertz CT molecular complexity index is 465. The first-order valence-corrected chi connectivity index (χ1v) is 8.08. The highest BCUT2D eigenvalue weighted by atomic mass is 15.1. The first-order chi connectivity index (χ1) is 10.2. The van der Waals surface area contributed by atoms with Gasteiger partial charge in [0.1, 0.15) is 5.54 Å². The molecule has 1 aromatic carbocycles. The molecule has 1 fully saturated rings. The molecule has 114 valence electrons. The van der Waals surface area contributed by atoms with Gasteiger partial charge in [-0.25, -0.2) is 0 Å². The minimum absolute atomic E-state index is 0.570. The SMILES string of the molecule is CNC(C#N)(CCN1CCCC(C)CC1)c1ccccc1. The van der Waals surface area contributed by atoms with Gasteiger partial charge in [0.2, 0.25) is 0 Å². The van der Waals surface area contributed by atoms with E-state index in [1.807, 2.05) is 37.4 Å². The van der Waals surface area contributed by atoms with Crippen LogP contribution < -0.4 is 5.32 Å². The summed E-state index contributed by atoms with van der Waals surface area (Å²) < 4.78 is 0. The number of nitrogens with zero attached hydrogens (tertiary/aromatic N) is 2. The number of hydrogen-bond donors (Lipinski definition) is 1. The van der Waals surface area contributed by atoms with E-state index in [2.05, 4.69) is 23.2 Å². The molecule has 0 spiro atoms. The zero-order chi connectivity index (χ0) is 15.1. The van der Waals surface area contributed by atoms with Gasteiger partial charge in [0.25, 0.3) is 0 Å². The summed E-state index contributed by atoms with van der Waals surface area (Å²) in [5, 5.41) is 13.0. The lowest BCUT2D eigenvalue weighted by atomic mass is 9.88. The van der Waals surface area contributed by atoms with Crippen LogP contribution in [-0.4, -0.2) is 31.6 Å². The molecule has 2 atom stereocenters. The summed E-state index contributed by atoms with van der Waals surface area (Å²) in [7, 11) is 1.89. The smallest absolute Gasteiger partial charge is 0.133 e. The van der Waals surface area contributed by atoms with Gasteiger partial charge in [-0.3, -0.25) is 5.32 Å². The highest BCUT2D eigenvalue weighted by Gasteiger charge is 2.30. The van der Waals surface area contributed by atoms with Crippen molar-refractivity contribution < 1.29 is 0 Å². The van der Waals surface area contributed by atoms with Gasteiger partial charge >= 0.3 is 0 Å². The Morgan fingerprint density at radius 1 is 1.29 bits per heavy atom. The van der Waals surface area contributed by atoms with Crippen LogP contribution in [0.1, 0.15) is 38.2 Å². The molecule has 0 bridgehead atoms. The van der Waals surface area contributed by atoms with E-state index >= 15 is 0 Å². The van der Waals surface area contributed by atoms with E-state index in [4.69, 9.17) is 0 Å². The molecule has 3 nitrogen and oxygen atoms in total. The number of nitriles is 1. The monoisotopic (exact) mass is 285 g/mol. The third kappa shape index (κ3) is 4.06. The predicted molar refractivity (Wildman–Crippen MR) is 86.9 cm³/mol. The summed E-state index contributed by atoms with van der Waals surface area (Å²) in [5.41, 5.74) is 0.498. The Morgan fingerprint density at radius 2 is 2.05 bits per heavy atom. The van der Waals surface area contributed by atoms with Gasteiger partial charge in [-0.15, -0.1) is 0 Å². The first kappa shape index (κ1) is 16.0. The number of nitrogens with one attached hydrogen (secondary N) is 1. The van der Waals surface area contributed by atoms with E-state index in [1.165, 1.54) is 32.4 Å². The molecule has 2 rings (SSSR count). The summed E-state index contributed by atoms with van der Waals surface area (Å²) in [4.78, 5) is 2.52. The molecule has 2 unspecified atom stereocenters. The normalized spacial score (nSPS) is 23.0. The molecule has 1 aliphatic heterocycles. The molecule has 3 heteroatoms. The van der Waals surface area contributed by atoms with Crippen molar-refractivity contribution in [1.29, 1.82) is 5.26 Å². The van der Waals surface area contributed by atoms with Crippen molar-refractivity contribution >= 4 is 0 Å². The van der Waals surface area contributed by atoms with Crippen molar-refractivity contribution in [2.45, 2.75) is 38.1 Å². The molecular formula is C18H27N3. The van der Waals surface area contributed by atoms with E-state index in [9.17, 15) is 5.26 Å². The van der Waals surface area contributed by atoms with Crippen LogP contribution in [0.2, 0.25) is 0 Å². The second-order valence-corrected chi connectivity index (χ2v) is 6.26. The fourth-order valence-corrected chi connectivity index (χ4v) is 3.18. The molecule has 0 radical (unpaired) electrons. The third-order valence-corrected chi connectivity index (χ3v) is 4.80. The molecule has 1 aliphatic rings. The maximum Gasteiger partial charge on any atom is 0.133 e. The predicted octanol–water partition coefficient (Wildman–Crippen LogP) is 3.14. The van der Waals surface area contributed by atoms with Crippen LogP contribution in [0.4, 0.5) is 0 Å². The van der Waals surface area contributed by atoms with Crippen LogP contribution in [0, 0.1) is 17.2 Å². The maximum absolute atomic E-state index is 9.73. The van der Waals surface area contributed by atoms with Crippen molar-refractivity contribution in [3.8, 4) is 6.07 Å². The second kappa shape index (κ2) is 7.59. The Morgan fingerprint density at radius 3 is 2.71 bits per heavy atom. The van der Waals surface area contributed by atoms with Crippen molar-refractivity contribution in [3.63, 3.8) is 0 Å². The standard InChI is InChI=1S/C18H27N3/c1-16-7-6-12-21(13-10-16)14-11-18(15-19,20-2)17-8-4-3-5-9-17/h3-5,8-9,16,20H,6-7,10-14H2,1-2H3. The number of hydrogen-bond acceptors (Lipinski definition) is 3. The highest BCUT2D eigenvalue weighted by Crippen LogP contribution is 2.25. The molecule has 21 heavy (non-hydrogen) atoms. The van der Waals surface area contributed by atoms with Crippen molar-refractivity contribution in [2.75, 3.05) is 26.7 Å². The van der Waals surface area contributed by atoms with Crippen LogP contribution in [0.15, 0.2) is 30.3 Å². The Balaban J connectivity index is 2.02. The lowest BCUT2D eigenvalue weighted by molar-refractivity contribution is 0.249. The molecule has 0 aromatic heterocycles. The molecule has 0 aliphatic carbocycles. The molecule has 0 saturated carbocycles. The average molecular weight is 285 g/mol. The Labute approximate surface area is 129 Å². The van der Waals surface area contributed by atoms with Gasteiger partial charge in [0, 0.05) is 6.54 Å². The quantitative estimate of drug-likeness (QED) is 0.903.